The Bertz CT molecular complexity index is 1200. The molecule has 0 aliphatic heterocycles. The van der Waals surface area contributed by atoms with Crippen molar-refractivity contribution in [2.24, 2.45) is 0 Å². The summed E-state index contributed by atoms with van der Waals surface area (Å²) in [4.78, 5) is 12.0. The van der Waals surface area contributed by atoms with E-state index in [-0.39, 0.29) is 29.4 Å². The molecule has 198 valence electrons. The first-order valence-electron chi connectivity index (χ1n) is 10.9. The van der Waals surface area contributed by atoms with Gasteiger partial charge in [0.15, 0.2) is 5.75 Å². The minimum absolute atomic E-state index is 0.129. The van der Waals surface area contributed by atoms with Crippen LogP contribution in [0.25, 0.3) is 0 Å². The molecule has 36 heavy (non-hydrogen) atoms. The molecule has 0 N–H and O–H groups in total. The highest BCUT2D eigenvalue weighted by Gasteiger charge is 2.49. The first-order valence-corrected chi connectivity index (χ1v) is 12.3. The smallest absolute Gasteiger partial charge is 0.489 e. The van der Waals surface area contributed by atoms with Crippen molar-refractivity contribution >= 4 is 16.1 Å². The second kappa shape index (κ2) is 10.6. The Labute approximate surface area is 203 Å². The summed E-state index contributed by atoms with van der Waals surface area (Å²) >= 11 is 0. The molecule has 0 aromatic heterocycles. The van der Waals surface area contributed by atoms with Crippen LogP contribution in [-0.2, 0) is 27.6 Å². The van der Waals surface area contributed by atoms with Gasteiger partial charge in [-0.2, -0.15) is 34.8 Å². The van der Waals surface area contributed by atoms with E-state index >= 15 is 0 Å². The molecule has 2 aromatic carbocycles. The molecule has 6 nitrogen and oxygen atoms in total. The lowest BCUT2D eigenvalue weighted by Gasteiger charge is -2.19. The lowest BCUT2D eigenvalue weighted by molar-refractivity contribution is -0.138. The number of carbonyl (C=O) groups is 1. The number of halogens is 6. The number of benzene rings is 2. The third-order valence-electron chi connectivity index (χ3n) is 5.55. The lowest BCUT2D eigenvalue weighted by Crippen LogP contribution is -2.28. The Kier molecular flexibility index (Phi) is 8.11. The highest BCUT2D eigenvalue weighted by atomic mass is 32.2. The van der Waals surface area contributed by atoms with Crippen molar-refractivity contribution in [2.75, 3.05) is 6.61 Å². The molecule has 0 radical (unpaired) electrons. The number of hydrogen-bond donors (Lipinski definition) is 0. The van der Waals surface area contributed by atoms with Crippen LogP contribution in [0.2, 0.25) is 0 Å². The fourth-order valence-electron chi connectivity index (χ4n) is 3.90. The first-order chi connectivity index (χ1) is 16.7. The van der Waals surface area contributed by atoms with Gasteiger partial charge in [-0.1, -0.05) is 25.0 Å². The average molecular weight is 540 g/mol. The number of esters is 1. The molecule has 0 heterocycles. The molecule has 0 spiro atoms. The third kappa shape index (κ3) is 6.42. The predicted molar refractivity (Wildman–Crippen MR) is 115 cm³/mol. The van der Waals surface area contributed by atoms with E-state index < -0.39 is 51.3 Å². The van der Waals surface area contributed by atoms with Crippen molar-refractivity contribution < 1.29 is 53.2 Å². The van der Waals surface area contributed by atoms with Gasteiger partial charge in [-0.3, -0.25) is 0 Å². The van der Waals surface area contributed by atoms with Gasteiger partial charge in [0.1, 0.15) is 17.9 Å². The summed E-state index contributed by atoms with van der Waals surface area (Å²) in [6.45, 7) is 0.856. The van der Waals surface area contributed by atoms with Crippen LogP contribution in [0.5, 0.6) is 11.5 Å². The summed E-state index contributed by atoms with van der Waals surface area (Å²) in [6, 6.07) is 6.57. The van der Waals surface area contributed by atoms with Crippen LogP contribution in [0.4, 0.5) is 26.3 Å². The molecule has 13 heteroatoms. The average Bonchev–Trinajstić information content (AvgIpc) is 3.31. The molecule has 1 saturated carbocycles. The highest BCUT2D eigenvalue weighted by Crippen LogP contribution is 2.42. The van der Waals surface area contributed by atoms with E-state index in [0.29, 0.717) is 18.9 Å². The van der Waals surface area contributed by atoms with Gasteiger partial charge in [-0.25, -0.2) is 4.79 Å². The van der Waals surface area contributed by atoms with Crippen LogP contribution in [0.3, 0.4) is 0 Å². The van der Waals surface area contributed by atoms with Gasteiger partial charge < -0.3 is 13.7 Å². The summed E-state index contributed by atoms with van der Waals surface area (Å²) in [7, 11) is -6.13. The lowest BCUT2D eigenvalue weighted by atomic mass is 9.91. The first kappa shape index (κ1) is 27.6. The van der Waals surface area contributed by atoms with Gasteiger partial charge in [0, 0.05) is 6.07 Å². The Balaban J connectivity index is 1.88. The van der Waals surface area contributed by atoms with Crippen molar-refractivity contribution in [1.29, 1.82) is 0 Å². The third-order valence-corrected chi connectivity index (χ3v) is 6.52. The number of rotatable bonds is 8. The minimum Gasteiger partial charge on any atom is -0.489 e. The van der Waals surface area contributed by atoms with E-state index in [0.717, 1.165) is 31.0 Å². The van der Waals surface area contributed by atoms with E-state index in [1.165, 1.54) is 19.1 Å². The van der Waals surface area contributed by atoms with Gasteiger partial charge in [0.2, 0.25) is 0 Å². The van der Waals surface area contributed by atoms with Crippen LogP contribution in [0.1, 0.15) is 65.6 Å². The van der Waals surface area contributed by atoms with Crippen LogP contribution in [-0.4, -0.2) is 26.5 Å². The predicted octanol–water partition coefficient (Wildman–Crippen LogP) is 6.35. The van der Waals surface area contributed by atoms with E-state index in [9.17, 15) is 39.6 Å². The summed E-state index contributed by atoms with van der Waals surface area (Å²) in [5.41, 5.74) is -6.84. The largest absolute Gasteiger partial charge is 0.534 e. The molecule has 0 saturated heterocycles. The Hall–Kier alpha value is -2.96. The molecule has 1 aliphatic carbocycles. The Morgan fingerprint density at radius 2 is 1.67 bits per heavy atom. The molecule has 0 unspecified atom stereocenters. The van der Waals surface area contributed by atoms with E-state index in [1.54, 1.807) is 0 Å². The fraction of sp³-hybridized carbons (Fsp3) is 0.435. The zero-order valence-electron chi connectivity index (χ0n) is 18.9. The van der Waals surface area contributed by atoms with Crippen molar-refractivity contribution in [1.82, 2.24) is 0 Å². The molecular weight excluding hydrogens is 518 g/mol. The highest BCUT2D eigenvalue weighted by molar-refractivity contribution is 7.88. The topological polar surface area (TPSA) is 78.9 Å². The molecule has 3 rings (SSSR count). The monoisotopic (exact) mass is 540 g/mol. The normalized spacial score (nSPS) is 15.1. The molecule has 1 fully saturated rings. The number of hydrogen-bond acceptors (Lipinski definition) is 6. The van der Waals surface area contributed by atoms with Gasteiger partial charge in [-0.15, -0.1) is 0 Å². The molecule has 2 aromatic rings. The van der Waals surface area contributed by atoms with Crippen molar-refractivity contribution in [2.45, 2.75) is 56.8 Å². The van der Waals surface area contributed by atoms with Gasteiger partial charge >= 0.3 is 27.8 Å². The van der Waals surface area contributed by atoms with E-state index in [1.807, 2.05) is 0 Å². The summed E-state index contributed by atoms with van der Waals surface area (Å²) in [6.07, 6.45) is -1.57. The molecule has 0 atom stereocenters. The number of carbonyl (C=O) groups excluding carboxylic acids is 1. The second-order valence-corrected chi connectivity index (χ2v) is 9.59. The maximum atomic E-state index is 13.7. The second-order valence-electron chi connectivity index (χ2n) is 8.05. The molecular formula is C23H22F6O6S. The quantitative estimate of drug-likeness (QED) is 0.168. The summed E-state index contributed by atoms with van der Waals surface area (Å²) in [5, 5.41) is 0. The molecule has 1 aliphatic rings. The summed E-state index contributed by atoms with van der Waals surface area (Å²) in [5.74, 6) is -2.59. The van der Waals surface area contributed by atoms with Crippen molar-refractivity contribution in [3.05, 3.63) is 58.7 Å². The van der Waals surface area contributed by atoms with Gasteiger partial charge in [0.05, 0.1) is 12.2 Å². The van der Waals surface area contributed by atoms with Crippen LogP contribution in [0, 0.1) is 0 Å². The Morgan fingerprint density at radius 1 is 1.00 bits per heavy atom. The van der Waals surface area contributed by atoms with Crippen molar-refractivity contribution in [3.63, 3.8) is 0 Å². The molecule has 0 amide bonds. The fourth-order valence-corrected chi connectivity index (χ4v) is 4.37. The van der Waals surface area contributed by atoms with E-state index in [2.05, 4.69) is 4.18 Å². The SMILES string of the molecule is CCOC(=O)c1ccc(OCc2ccc(C3CCCC3)c(C(F)(F)F)c2)cc1OS(=O)(=O)C(F)(F)F. The van der Waals surface area contributed by atoms with E-state index in [4.69, 9.17) is 9.47 Å². The minimum atomic E-state index is -6.13. The standard InChI is InChI=1S/C23H22F6O6S/c1-2-33-21(30)18-10-8-16(12-20(18)35-36(31,32)23(27,28)29)34-13-14-7-9-17(15-5-3-4-6-15)19(11-14)22(24,25)26/h7-12,15H,2-6,13H2,1H3. The van der Waals surface area contributed by atoms with Gasteiger partial charge in [0.25, 0.3) is 0 Å². The summed E-state index contributed by atoms with van der Waals surface area (Å²) < 4.78 is 117. The maximum Gasteiger partial charge on any atom is 0.534 e. The van der Waals surface area contributed by atoms with Crippen LogP contribution < -0.4 is 8.92 Å². The molecule has 0 bridgehead atoms. The Morgan fingerprint density at radius 3 is 2.25 bits per heavy atom. The zero-order valence-corrected chi connectivity index (χ0v) is 19.7. The number of alkyl halides is 6. The van der Waals surface area contributed by atoms with Crippen LogP contribution in [0.15, 0.2) is 36.4 Å². The van der Waals surface area contributed by atoms with Crippen LogP contribution >= 0.6 is 0 Å². The zero-order chi connectivity index (χ0) is 26.7. The maximum absolute atomic E-state index is 13.7. The number of ether oxygens (including phenoxy) is 2. The van der Waals surface area contributed by atoms with Gasteiger partial charge in [-0.05, 0) is 55.0 Å². The van der Waals surface area contributed by atoms with Crippen molar-refractivity contribution in [3.8, 4) is 11.5 Å².